The van der Waals surface area contributed by atoms with Crippen LogP contribution in [0.15, 0.2) is 36.7 Å². The summed E-state index contributed by atoms with van der Waals surface area (Å²) in [6.07, 6.45) is 3.78. The Morgan fingerprint density at radius 3 is 3.16 bits per heavy atom. The number of aromatic nitrogens is 1. The smallest absolute Gasteiger partial charge is 0.261 e. The highest BCUT2D eigenvalue weighted by Gasteiger charge is 2.28. The van der Waals surface area contributed by atoms with Gasteiger partial charge in [-0.2, -0.15) is 0 Å². The zero-order valence-corrected chi connectivity index (χ0v) is 10.9. The minimum absolute atomic E-state index is 0.103. The van der Waals surface area contributed by atoms with Crippen LogP contribution in [0.25, 0.3) is 0 Å². The van der Waals surface area contributed by atoms with Crippen LogP contribution in [0.4, 0.5) is 0 Å². The van der Waals surface area contributed by atoms with Gasteiger partial charge in [-0.25, -0.2) is 0 Å². The number of H-pyrrole nitrogens is 1. The van der Waals surface area contributed by atoms with Crippen LogP contribution in [0.5, 0.6) is 5.75 Å². The monoisotopic (exact) mass is 276 g/mol. The molecule has 0 saturated carbocycles. The molecule has 19 heavy (non-hydrogen) atoms. The molecule has 0 radical (unpaired) electrons. The maximum absolute atomic E-state index is 12.0. The second-order valence-electron chi connectivity index (χ2n) is 4.50. The number of fused-ring (bicyclic) bond motifs is 1. The fourth-order valence-corrected chi connectivity index (χ4v) is 2.33. The van der Waals surface area contributed by atoms with Crippen LogP contribution in [-0.2, 0) is 17.8 Å². The van der Waals surface area contributed by atoms with E-state index in [1.165, 1.54) is 0 Å². The fourth-order valence-electron chi connectivity index (χ4n) is 2.13. The third-order valence-electron chi connectivity index (χ3n) is 3.12. The standard InChI is InChI=1S/C14H13ClN2O2/c15-11-1-2-12-10(5-11)6-13(19-12)14(18)17-8-9-3-4-16-7-9/h1-5,7,13,16H,6,8H2,(H,17,18). The Hall–Kier alpha value is -1.94. The van der Waals surface area contributed by atoms with Crippen LogP contribution < -0.4 is 10.1 Å². The third kappa shape index (κ3) is 2.58. The van der Waals surface area contributed by atoms with Crippen LogP contribution in [0.1, 0.15) is 11.1 Å². The molecule has 1 atom stereocenters. The number of carbonyl (C=O) groups is 1. The van der Waals surface area contributed by atoms with Crippen molar-refractivity contribution in [1.29, 1.82) is 0 Å². The summed E-state index contributed by atoms with van der Waals surface area (Å²) in [5.74, 6) is 0.639. The van der Waals surface area contributed by atoms with Gasteiger partial charge in [0.15, 0.2) is 6.10 Å². The average molecular weight is 277 g/mol. The van der Waals surface area contributed by atoms with Crippen molar-refractivity contribution < 1.29 is 9.53 Å². The molecule has 1 unspecified atom stereocenters. The Labute approximate surface area is 115 Å². The lowest BCUT2D eigenvalue weighted by Crippen LogP contribution is -2.36. The van der Waals surface area contributed by atoms with Gasteiger partial charge in [0.25, 0.3) is 5.91 Å². The van der Waals surface area contributed by atoms with Gasteiger partial charge in [0.1, 0.15) is 5.75 Å². The van der Waals surface area contributed by atoms with Crippen molar-refractivity contribution in [2.45, 2.75) is 19.1 Å². The minimum Gasteiger partial charge on any atom is -0.480 e. The van der Waals surface area contributed by atoms with Gasteiger partial charge in [0.05, 0.1) is 0 Å². The molecule has 3 rings (SSSR count). The van der Waals surface area contributed by atoms with E-state index < -0.39 is 6.10 Å². The largest absolute Gasteiger partial charge is 0.480 e. The molecule has 2 heterocycles. The average Bonchev–Trinajstić information content (AvgIpc) is 3.04. The highest BCUT2D eigenvalue weighted by molar-refractivity contribution is 6.30. The van der Waals surface area contributed by atoms with E-state index in [1.807, 2.05) is 24.5 Å². The molecule has 0 fully saturated rings. The SMILES string of the molecule is O=C(NCc1cc[nH]c1)C1Cc2cc(Cl)ccc2O1. The molecule has 2 aromatic rings. The van der Waals surface area contributed by atoms with Crippen molar-refractivity contribution in [2.75, 3.05) is 0 Å². The summed E-state index contributed by atoms with van der Waals surface area (Å²) in [7, 11) is 0. The molecule has 1 amide bonds. The zero-order chi connectivity index (χ0) is 13.2. The molecule has 0 bridgehead atoms. The molecule has 4 nitrogen and oxygen atoms in total. The Bertz CT molecular complexity index is 595. The molecular weight excluding hydrogens is 264 g/mol. The molecule has 2 N–H and O–H groups in total. The molecule has 0 aliphatic carbocycles. The predicted molar refractivity (Wildman–Crippen MR) is 72.2 cm³/mol. The van der Waals surface area contributed by atoms with Gasteiger partial charge in [-0.15, -0.1) is 0 Å². The van der Waals surface area contributed by atoms with Gasteiger partial charge in [-0.1, -0.05) is 11.6 Å². The first kappa shape index (κ1) is 12.1. The first-order valence-corrected chi connectivity index (χ1v) is 6.44. The molecule has 1 aromatic heterocycles. The molecule has 0 saturated heterocycles. The number of ether oxygens (including phenoxy) is 1. The highest BCUT2D eigenvalue weighted by atomic mass is 35.5. The lowest BCUT2D eigenvalue weighted by Gasteiger charge is -2.10. The van der Waals surface area contributed by atoms with Crippen LogP contribution in [0.2, 0.25) is 5.02 Å². The van der Waals surface area contributed by atoms with Crippen molar-refractivity contribution >= 4 is 17.5 Å². The van der Waals surface area contributed by atoms with E-state index in [1.54, 1.807) is 12.1 Å². The summed E-state index contributed by atoms with van der Waals surface area (Å²) in [5.41, 5.74) is 2.02. The summed E-state index contributed by atoms with van der Waals surface area (Å²) < 4.78 is 5.62. The summed E-state index contributed by atoms with van der Waals surface area (Å²) >= 11 is 5.92. The van der Waals surface area contributed by atoms with E-state index in [0.717, 1.165) is 16.9 Å². The quantitative estimate of drug-likeness (QED) is 0.904. The minimum atomic E-state index is -0.465. The number of carbonyl (C=O) groups excluding carboxylic acids is 1. The summed E-state index contributed by atoms with van der Waals surface area (Å²) in [6, 6.07) is 7.33. The fraction of sp³-hybridized carbons (Fsp3) is 0.214. The van der Waals surface area contributed by atoms with Gasteiger partial charge in [0.2, 0.25) is 0 Å². The van der Waals surface area contributed by atoms with E-state index in [-0.39, 0.29) is 5.91 Å². The second kappa shape index (κ2) is 4.97. The molecule has 98 valence electrons. The van der Waals surface area contributed by atoms with E-state index in [2.05, 4.69) is 10.3 Å². The molecular formula is C14H13ClN2O2. The number of aromatic amines is 1. The van der Waals surface area contributed by atoms with Gasteiger partial charge in [-0.3, -0.25) is 4.79 Å². The van der Waals surface area contributed by atoms with Crippen molar-refractivity contribution in [3.8, 4) is 5.75 Å². The third-order valence-corrected chi connectivity index (χ3v) is 3.35. The topological polar surface area (TPSA) is 54.1 Å². The molecule has 1 aliphatic heterocycles. The van der Waals surface area contributed by atoms with Gasteiger partial charge in [0, 0.05) is 30.4 Å². The van der Waals surface area contributed by atoms with E-state index >= 15 is 0 Å². The van der Waals surface area contributed by atoms with Crippen LogP contribution in [0.3, 0.4) is 0 Å². The summed E-state index contributed by atoms with van der Waals surface area (Å²) in [5, 5.41) is 3.52. The van der Waals surface area contributed by atoms with E-state index in [4.69, 9.17) is 16.3 Å². The Morgan fingerprint density at radius 2 is 2.37 bits per heavy atom. The summed E-state index contributed by atoms with van der Waals surface area (Å²) in [6.45, 7) is 0.499. The van der Waals surface area contributed by atoms with Gasteiger partial charge < -0.3 is 15.0 Å². The highest BCUT2D eigenvalue weighted by Crippen LogP contribution is 2.31. The first-order valence-electron chi connectivity index (χ1n) is 6.07. The number of hydrogen-bond donors (Lipinski definition) is 2. The number of halogens is 1. The normalized spacial score (nSPS) is 16.8. The second-order valence-corrected chi connectivity index (χ2v) is 4.94. The van der Waals surface area contributed by atoms with Crippen molar-refractivity contribution in [2.24, 2.45) is 0 Å². The van der Waals surface area contributed by atoms with Crippen molar-refractivity contribution in [3.63, 3.8) is 0 Å². The lowest BCUT2D eigenvalue weighted by molar-refractivity contribution is -0.127. The lowest BCUT2D eigenvalue weighted by atomic mass is 10.1. The van der Waals surface area contributed by atoms with Crippen LogP contribution in [0, 0.1) is 0 Å². The van der Waals surface area contributed by atoms with Gasteiger partial charge >= 0.3 is 0 Å². The molecule has 5 heteroatoms. The maximum Gasteiger partial charge on any atom is 0.261 e. The number of benzene rings is 1. The number of nitrogens with one attached hydrogen (secondary N) is 2. The Balaban J connectivity index is 1.61. The number of rotatable bonds is 3. The summed E-state index contributed by atoms with van der Waals surface area (Å²) in [4.78, 5) is 15.0. The molecule has 1 aromatic carbocycles. The predicted octanol–water partition coefficient (Wildman–Crippen LogP) is 2.29. The zero-order valence-electron chi connectivity index (χ0n) is 10.2. The van der Waals surface area contributed by atoms with E-state index in [0.29, 0.717) is 18.0 Å². The van der Waals surface area contributed by atoms with Crippen LogP contribution >= 0.6 is 11.6 Å². The number of amides is 1. The van der Waals surface area contributed by atoms with Gasteiger partial charge in [-0.05, 0) is 35.4 Å². The molecule has 0 spiro atoms. The van der Waals surface area contributed by atoms with Crippen LogP contribution in [-0.4, -0.2) is 17.0 Å². The Morgan fingerprint density at radius 1 is 1.47 bits per heavy atom. The van der Waals surface area contributed by atoms with Crippen molar-refractivity contribution in [1.82, 2.24) is 10.3 Å². The maximum atomic E-state index is 12.0. The number of hydrogen-bond acceptors (Lipinski definition) is 2. The van der Waals surface area contributed by atoms with E-state index in [9.17, 15) is 4.79 Å². The Kier molecular flexibility index (Phi) is 3.17. The van der Waals surface area contributed by atoms with Crippen molar-refractivity contribution in [3.05, 3.63) is 52.8 Å². The first-order chi connectivity index (χ1) is 9.22. The molecule has 1 aliphatic rings.